The first-order valence-electron chi connectivity index (χ1n) is 9.26. The number of piperidine rings is 1. The quantitative estimate of drug-likeness (QED) is 0.644. The van der Waals surface area contributed by atoms with Crippen molar-refractivity contribution in [2.24, 2.45) is 0 Å². The minimum Gasteiger partial charge on any atom is -0.388 e. The molecule has 0 saturated carbocycles. The number of aliphatic hydroxyl groups is 1. The van der Waals surface area contributed by atoms with Crippen LogP contribution in [0, 0.1) is 0 Å². The van der Waals surface area contributed by atoms with Gasteiger partial charge in [0.05, 0.1) is 23.5 Å². The minimum atomic E-state index is -3.22. The van der Waals surface area contributed by atoms with Gasteiger partial charge in [-0.25, -0.2) is 12.7 Å². The fourth-order valence-corrected chi connectivity index (χ4v) is 5.49. The summed E-state index contributed by atoms with van der Waals surface area (Å²) in [4.78, 5) is 11.9. The standard InChI is InChI=1S/C17H32N2O6S/c1-4-5-10-26(22,23)19-8-6-17(7-9-19)13-16(2,14(20)11-25-17)18-15(21)12-24-3/h14,20H,4-13H2,1-3H3,(H,18,21)/t14?,16-/m0/s1. The Balaban J connectivity index is 2.02. The molecule has 0 aliphatic carbocycles. The number of hydrogen-bond donors (Lipinski definition) is 2. The van der Waals surface area contributed by atoms with Gasteiger partial charge in [-0.1, -0.05) is 13.3 Å². The van der Waals surface area contributed by atoms with Gasteiger partial charge < -0.3 is 19.9 Å². The molecule has 152 valence electrons. The van der Waals surface area contributed by atoms with Crippen molar-refractivity contribution in [2.45, 2.75) is 63.2 Å². The molecule has 2 atom stereocenters. The molecule has 1 spiro atoms. The summed E-state index contributed by atoms with van der Waals surface area (Å²) < 4.78 is 37.1. The lowest BCUT2D eigenvalue weighted by atomic mass is 9.75. The Morgan fingerprint density at radius 2 is 2.04 bits per heavy atom. The van der Waals surface area contributed by atoms with Crippen LogP contribution in [0.4, 0.5) is 0 Å². The van der Waals surface area contributed by atoms with E-state index in [1.54, 1.807) is 11.2 Å². The number of amides is 1. The van der Waals surface area contributed by atoms with Crippen molar-refractivity contribution < 1.29 is 27.8 Å². The number of sulfonamides is 1. The maximum Gasteiger partial charge on any atom is 0.246 e. The van der Waals surface area contributed by atoms with Crippen molar-refractivity contribution >= 4 is 15.9 Å². The van der Waals surface area contributed by atoms with Crippen LogP contribution in [0.3, 0.4) is 0 Å². The molecule has 2 saturated heterocycles. The predicted molar refractivity (Wildman–Crippen MR) is 97.2 cm³/mol. The van der Waals surface area contributed by atoms with E-state index in [0.29, 0.717) is 38.8 Å². The first kappa shape index (κ1) is 21.6. The molecule has 9 heteroatoms. The van der Waals surface area contributed by atoms with Crippen LogP contribution in [0.2, 0.25) is 0 Å². The third kappa shape index (κ3) is 4.95. The van der Waals surface area contributed by atoms with Crippen LogP contribution >= 0.6 is 0 Å². The molecule has 0 radical (unpaired) electrons. The van der Waals surface area contributed by atoms with Gasteiger partial charge in [0.15, 0.2) is 0 Å². The summed E-state index contributed by atoms with van der Waals surface area (Å²) in [6, 6.07) is 0. The molecular formula is C17H32N2O6S. The zero-order valence-corrected chi connectivity index (χ0v) is 16.8. The number of rotatable bonds is 7. The molecule has 2 fully saturated rings. The smallest absolute Gasteiger partial charge is 0.246 e. The van der Waals surface area contributed by atoms with Crippen molar-refractivity contribution in [3.8, 4) is 0 Å². The van der Waals surface area contributed by atoms with Crippen LogP contribution in [0.15, 0.2) is 0 Å². The van der Waals surface area contributed by atoms with Crippen molar-refractivity contribution in [2.75, 3.05) is 39.2 Å². The number of nitrogens with zero attached hydrogens (tertiary/aromatic N) is 1. The van der Waals surface area contributed by atoms with Gasteiger partial charge in [-0.15, -0.1) is 0 Å². The lowest BCUT2D eigenvalue weighted by Crippen LogP contribution is -2.66. The molecule has 2 rings (SSSR count). The molecule has 0 aromatic heterocycles. The summed E-state index contributed by atoms with van der Waals surface area (Å²) >= 11 is 0. The van der Waals surface area contributed by atoms with Gasteiger partial charge in [0, 0.05) is 26.6 Å². The molecule has 8 nitrogen and oxygen atoms in total. The number of carbonyl (C=O) groups is 1. The fraction of sp³-hybridized carbons (Fsp3) is 0.941. The van der Waals surface area contributed by atoms with Crippen LogP contribution in [0.5, 0.6) is 0 Å². The molecule has 1 amide bonds. The van der Waals surface area contributed by atoms with E-state index in [4.69, 9.17) is 9.47 Å². The highest BCUT2D eigenvalue weighted by atomic mass is 32.2. The SMILES string of the molecule is CCCCS(=O)(=O)N1CCC2(CC1)C[C@](C)(NC(=O)COC)C(O)CO2. The summed E-state index contributed by atoms with van der Waals surface area (Å²) in [5.41, 5.74) is -1.35. The van der Waals surface area contributed by atoms with E-state index in [1.165, 1.54) is 7.11 Å². The summed E-state index contributed by atoms with van der Waals surface area (Å²) in [7, 11) is -1.78. The Labute approximate surface area is 156 Å². The lowest BCUT2D eigenvalue weighted by molar-refractivity contribution is -0.178. The number of nitrogens with one attached hydrogen (secondary N) is 1. The average Bonchev–Trinajstić information content (AvgIpc) is 2.57. The summed E-state index contributed by atoms with van der Waals surface area (Å²) in [5, 5.41) is 13.2. The second-order valence-electron chi connectivity index (χ2n) is 7.65. The normalized spacial score (nSPS) is 29.6. The molecule has 2 aliphatic heterocycles. The van der Waals surface area contributed by atoms with Crippen molar-refractivity contribution in [3.63, 3.8) is 0 Å². The first-order valence-corrected chi connectivity index (χ1v) is 10.9. The fourth-order valence-electron chi connectivity index (χ4n) is 3.84. The van der Waals surface area contributed by atoms with Gasteiger partial charge in [0.2, 0.25) is 15.9 Å². The van der Waals surface area contributed by atoms with Gasteiger partial charge >= 0.3 is 0 Å². The lowest BCUT2D eigenvalue weighted by Gasteiger charge is -2.51. The molecule has 0 aromatic rings. The number of ether oxygens (including phenoxy) is 2. The van der Waals surface area contributed by atoms with Gasteiger partial charge in [-0.05, 0) is 26.2 Å². The van der Waals surface area contributed by atoms with Crippen molar-refractivity contribution in [3.05, 3.63) is 0 Å². The van der Waals surface area contributed by atoms with Crippen LogP contribution in [-0.4, -0.2) is 80.1 Å². The van der Waals surface area contributed by atoms with E-state index in [-0.39, 0.29) is 24.9 Å². The largest absolute Gasteiger partial charge is 0.388 e. The van der Waals surface area contributed by atoms with Crippen molar-refractivity contribution in [1.29, 1.82) is 0 Å². The average molecular weight is 393 g/mol. The molecular weight excluding hydrogens is 360 g/mol. The van der Waals surface area contributed by atoms with Crippen molar-refractivity contribution in [1.82, 2.24) is 9.62 Å². The highest BCUT2D eigenvalue weighted by Gasteiger charge is 2.50. The second-order valence-corrected chi connectivity index (χ2v) is 9.74. The monoisotopic (exact) mass is 392 g/mol. The first-order chi connectivity index (χ1) is 12.2. The Bertz CT molecular complexity index is 588. The zero-order chi connectivity index (χ0) is 19.4. The second kappa shape index (κ2) is 8.52. The number of unbranched alkanes of at least 4 members (excludes halogenated alkanes) is 1. The Kier molecular flexibility index (Phi) is 7.06. The molecule has 2 N–H and O–H groups in total. The maximum atomic E-state index is 12.4. The highest BCUT2D eigenvalue weighted by molar-refractivity contribution is 7.89. The third-order valence-corrected chi connectivity index (χ3v) is 7.41. The Morgan fingerprint density at radius 1 is 1.38 bits per heavy atom. The molecule has 0 bridgehead atoms. The van der Waals surface area contributed by atoms with Crippen LogP contribution < -0.4 is 5.32 Å². The zero-order valence-electron chi connectivity index (χ0n) is 16.0. The molecule has 1 unspecified atom stereocenters. The molecule has 2 heterocycles. The van der Waals surface area contributed by atoms with E-state index in [1.807, 2.05) is 6.92 Å². The number of aliphatic hydroxyl groups excluding tert-OH is 1. The molecule has 26 heavy (non-hydrogen) atoms. The van der Waals surface area contributed by atoms with E-state index in [0.717, 1.165) is 6.42 Å². The maximum absolute atomic E-state index is 12.4. The number of methoxy groups -OCH3 is 1. The van der Waals surface area contributed by atoms with Crippen LogP contribution in [-0.2, 0) is 24.3 Å². The molecule has 0 aromatic carbocycles. The van der Waals surface area contributed by atoms with E-state index in [9.17, 15) is 18.3 Å². The van der Waals surface area contributed by atoms with Gasteiger partial charge in [0.1, 0.15) is 12.7 Å². The van der Waals surface area contributed by atoms with Gasteiger partial charge in [-0.2, -0.15) is 0 Å². The topological polar surface area (TPSA) is 105 Å². The van der Waals surface area contributed by atoms with Gasteiger partial charge in [-0.3, -0.25) is 4.79 Å². The summed E-state index contributed by atoms with van der Waals surface area (Å²) in [6.07, 6.45) is 2.25. The Hall–Kier alpha value is -0.740. The Morgan fingerprint density at radius 3 is 2.62 bits per heavy atom. The number of carbonyl (C=O) groups excluding carboxylic acids is 1. The van der Waals surface area contributed by atoms with Gasteiger partial charge in [0.25, 0.3) is 0 Å². The third-order valence-electron chi connectivity index (χ3n) is 5.46. The van der Waals surface area contributed by atoms with Crippen LogP contribution in [0.25, 0.3) is 0 Å². The minimum absolute atomic E-state index is 0.0698. The highest BCUT2D eigenvalue weighted by Crippen LogP contribution is 2.40. The van der Waals surface area contributed by atoms with Crippen LogP contribution in [0.1, 0.15) is 46.0 Å². The molecule has 2 aliphatic rings. The van der Waals surface area contributed by atoms with E-state index >= 15 is 0 Å². The van der Waals surface area contributed by atoms with E-state index < -0.39 is 27.3 Å². The summed E-state index contributed by atoms with van der Waals surface area (Å²) in [5.74, 6) is -0.105. The van der Waals surface area contributed by atoms with E-state index in [2.05, 4.69) is 5.32 Å². The number of hydrogen-bond acceptors (Lipinski definition) is 6. The predicted octanol–water partition coefficient (Wildman–Crippen LogP) is 0.253. The summed E-state index contributed by atoms with van der Waals surface area (Å²) in [6.45, 7) is 4.64.